The molecular weight excluding hydrogens is 552 g/mol. The Hall–Kier alpha value is -5.51. The average Bonchev–Trinajstić information content (AvgIpc) is 3.29. The van der Waals surface area contributed by atoms with Crippen LogP contribution in [0.5, 0.6) is 17.2 Å². The Labute approximate surface area is 245 Å². The van der Waals surface area contributed by atoms with Crippen LogP contribution in [-0.2, 0) is 14.4 Å². The van der Waals surface area contributed by atoms with Crippen LogP contribution in [0, 0.1) is 27.9 Å². The van der Waals surface area contributed by atoms with Crippen LogP contribution < -0.4 is 19.1 Å². The number of carbonyl (C=O) groups is 3. The topological polar surface area (TPSA) is 125 Å². The normalized spacial score (nSPS) is 22.3. The second-order valence-electron chi connectivity index (χ2n) is 10.7. The van der Waals surface area contributed by atoms with Crippen molar-refractivity contribution in [1.29, 1.82) is 0 Å². The number of nitrogens with zero attached hydrogens (tertiary/aromatic N) is 2. The SMILES string of the molecule is COc1ccc([C@@H]2C=C3c4ccc5ccccc5c4OC(=O)[C@@H]3[C@@H]3C(=O)N(c4ccc(OC)cc4[N+](=O)[O-])C(=O)[C@@H]32)cc1. The quantitative estimate of drug-likeness (QED) is 0.103. The van der Waals surface area contributed by atoms with Crippen molar-refractivity contribution in [3.05, 3.63) is 106 Å². The fourth-order valence-corrected chi connectivity index (χ4v) is 6.64. The molecule has 1 saturated heterocycles. The van der Waals surface area contributed by atoms with Gasteiger partial charge in [-0.25, -0.2) is 4.90 Å². The number of anilines is 1. The minimum Gasteiger partial charge on any atom is -0.497 e. The van der Waals surface area contributed by atoms with Gasteiger partial charge < -0.3 is 14.2 Å². The molecule has 0 spiro atoms. The molecule has 0 saturated carbocycles. The van der Waals surface area contributed by atoms with Crippen molar-refractivity contribution in [2.75, 3.05) is 19.1 Å². The molecule has 7 rings (SSSR count). The van der Waals surface area contributed by atoms with Crippen molar-refractivity contribution in [3.63, 3.8) is 0 Å². The Morgan fingerprint density at radius 2 is 1.53 bits per heavy atom. The van der Waals surface area contributed by atoms with Crippen molar-refractivity contribution in [2.45, 2.75) is 5.92 Å². The molecule has 1 aliphatic carbocycles. The zero-order valence-corrected chi connectivity index (χ0v) is 23.1. The number of nitro groups is 1. The van der Waals surface area contributed by atoms with E-state index in [1.807, 2.05) is 54.6 Å². The maximum Gasteiger partial charge on any atom is 0.319 e. The van der Waals surface area contributed by atoms with E-state index in [9.17, 15) is 24.5 Å². The molecule has 0 unspecified atom stereocenters. The third kappa shape index (κ3) is 3.90. The van der Waals surface area contributed by atoms with Gasteiger partial charge >= 0.3 is 5.97 Å². The number of ether oxygens (including phenoxy) is 3. The minimum atomic E-state index is -1.14. The van der Waals surface area contributed by atoms with Crippen LogP contribution >= 0.6 is 0 Å². The Balaban J connectivity index is 1.43. The van der Waals surface area contributed by atoms with E-state index in [1.54, 1.807) is 19.2 Å². The first-order valence-electron chi connectivity index (χ1n) is 13.6. The highest BCUT2D eigenvalue weighted by atomic mass is 16.6. The van der Waals surface area contributed by atoms with Crippen molar-refractivity contribution in [1.82, 2.24) is 0 Å². The minimum absolute atomic E-state index is 0.180. The van der Waals surface area contributed by atoms with E-state index < -0.39 is 52.1 Å². The predicted molar refractivity (Wildman–Crippen MR) is 156 cm³/mol. The van der Waals surface area contributed by atoms with Gasteiger partial charge in [0, 0.05) is 16.9 Å². The summed E-state index contributed by atoms with van der Waals surface area (Å²) in [5, 5.41) is 13.7. The van der Waals surface area contributed by atoms with Crippen molar-refractivity contribution >= 4 is 45.5 Å². The first-order valence-corrected chi connectivity index (χ1v) is 13.6. The van der Waals surface area contributed by atoms with Gasteiger partial charge in [-0.15, -0.1) is 0 Å². The van der Waals surface area contributed by atoms with E-state index in [0.717, 1.165) is 21.2 Å². The third-order valence-electron chi connectivity index (χ3n) is 8.61. The van der Waals surface area contributed by atoms with Crippen LogP contribution in [-0.4, -0.2) is 36.9 Å². The zero-order chi connectivity index (χ0) is 30.0. The van der Waals surface area contributed by atoms with Gasteiger partial charge in [0.1, 0.15) is 22.9 Å². The molecule has 4 aromatic carbocycles. The van der Waals surface area contributed by atoms with Crippen LogP contribution in [0.2, 0.25) is 0 Å². The summed E-state index contributed by atoms with van der Waals surface area (Å²) in [5.74, 6) is -4.61. The number of allylic oxidation sites excluding steroid dienone is 1. The molecule has 3 aliphatic rings. The number of rotatable bonds is 5. The van der Waals surface area contributed by atoms with Gasteiger partial charge in [0.2, 0.25) is 11.8 Å². The summed E-state index contributed by atoms with van der Waals surface area (Å²) in [4.78, 5) is 54.5. The smallest absolute Gasteiger partial charge is 0.319 e. The largest absolute Gasteiger partial charge is 0.497 e. The molecule has 2 aliphatic heterocycles. The van der Waals surface area contributed by atoms with Crippen LogP contribution in [0.15, 0.2) is 84.9 Å². The lowest BCUT2D eigenvalue weighted by Crippen LogP contribution is -2.42. The molecule has 2 heterocycles. The summed E-state index contributed by atoms with van der Waals surface area (Å²) in [6.45, 7) is 0. The number of hydrogen-bond acceptors (Lipinski definition) is 8. The van der Waals surface area contributed by atoms with E-state index in [4.69, 9.17) is 14.2 Å². The molecule has 1 fully saturated rings. The molecule has 4 aromatic rings. The van der Waals surface area contributed by atoms with Gasteiger partial charge in [-0.3, -0.25) is 24.5 Å². The van der Waals surface area contributed by atoms with Gasteiger partial charge in [-0.05, 0) is 40.8 Å². The number of nitro benzene ring substituents is 1. The molecule has 10 nitrogen and oxygen atoms in total. The highest BCUT2D eigenvalue weighted by Crippen LogP contribution is 2.56. The van der Waals surface area contributed by atoms with Crippen LogP contribution in [0.25, 0.3) is 16.3 Å². The molecule has 0 bridgehead atoms. The first-order chi connectivity index (χ1) is 20.8. The number of imide groups is 1. The maximum atomic E-state index is 14.3. The second kappa shape index (κ2) is 9.80. The standard InChI is InChI=1S/C33H24N2O8/c1-41-19-10-7-18(8-11-19)23-16-24-22-13-9-17-5-3-4-6-21(17)30(22)43-33(38)28(24)29-27(23)31(36)34(32(29)37)25-14-12-20(42-2)15-26(25)35(39)40/h3-16,23,27-29H,1-2H3/t23-,27+,28-,29+/m0/s1. The summed E-state index contributed by atoms with van der Waals surface area (Å²) in [7, 11) is 2.91. The summed E-state index contributed by atoms with van der Waals surface area (Å²) >= 11 is 0. The van der Waals surface area contributed by atoms with Gasteiger partial charge in [-0.1, -0.05) is 54.6 Å². The summed E-state index contributed by atoms with van der Waals surface area (Å²) in [6.07, 6.45) is 1.87. The van der Waals surface area contributed by atoms with E-state index >= 15 is 0 Å². The predicted octanol–water partition coefficient (Wildman–Crippen LogP) is 5.29. The lowest BCUT2D eigenvalue weighted by Gasteiger charge is -2.38. The number of benzene rings is 4. The maximum absolute atomic E-state index is 14.3. The molecule has 43 heavy (non-hydrogen) atoms. The number of fused-ring (bicyclic) bond motifs is 7. The Kier molecular flexibility index (Phi) is 6.01. The van der Waals surface area contributed by atoms with E-state index in [-0.39, 0.29) is 11.4 Å². The summed E-state index contributed by atoms with van der Waals surface area (Å²) in [6, 6.07) is 22.4. The average molecular weight is 577 g/mol. The Morgan fingerprint density at radius 3 is 2.26 bits per heavy atom. The number of carbonyl (C=O) groups excluding carboxylic acids is 3. The molecule has 0 aromatic heterocycles. The lowest BCUT2D eigenvalue weighted by atomic mass is 9.64. The van der Waals surface area contributed by atoms with Gasteiger partial charge in [0.25, 0.3) is 5.69 Å². The fourth-order valence-electron chi connectivity index (χ4n) is 6.64. The zero-order valence-electron chi connectivity index (χ0n) is 23.1. The molecule has 4 atom stereocenters. The highest BCUT2D eigenvalue weighted by Gasteiger charge is 2.61. The molecule has 10 heteroatoms. The third-order valence-corrected chi connectivity index (χ3v) is 8.61. The molecule has 0 N–H and O–H groups in total. The molecule has 2 amide bonds. The number of esters is 1. The Bertz CT molecular complexity index is 1900. The van der Waals surface area contributed by atoms with Crippen molar-refractivity contribution in [3.8, 4) is 17.2 Å². The number of methoxy groups -OCH3 is 2. The van der Waals surface area contributed by atoms with Crippen molar-refractivity contribution < 1.29 is 33.5 Å². The monoisotopic (exact) mass is 576 g/mol. The fraction of sp³-hybridized carbons (Fsp3) is 0.182. The number of hydrogen-bond donors (Lipinski definition) is 0. The number of amides is 2. The van der Waals surface area contributed by atoms with E-state index in [1.165, 1.54) is 25.3 Å². The second-order valence-corrected chi connectivity index (χ2v) is 10.7. The van der Waals surface area contributed by atoms with E-state index in [2.05, 4.69) is 0 Å². The first kappa shape index (κ1) is 26.4. The van der Waals surface area contributed by atoms with Gasteiger partial charge in [0.15, 0.2) is 0 Å². The van der Waals surface area contributed by atoms with Gasteiger partial charge in [0.05, 0.1) is 43.0 Å². The Morgan fingerprint density at radius 1 is 0.837 bits per heavy atom. The van der Waals surface area contributed by atoms with Gasteiger partial charge in [-0.2, -0.15) is 0 Å². The van der Waals surface area contributed by atoms with Crippen molar-refractivity contribution in [2.24, 2.45) is 17.8 Å². The molecule has 214 valence electrons. The summed E-state index contributed by atoms with van der Waals surface area (Å²) in [5.41, 5.74) is 1.34. The highest BCUT2D eigenvalue weighted by molar-refractivity contribution is 6.25. The van der Waals surface area contributed by atoms with Crippen LogP contribution in [0.3, 0.4) is 0 Å². The molecule has 0 radical (unpaired) electrons. The van der Waals surface area contributed by atoms with Crippen LogP contribution in [0.4, 0.5) is 11.4 Å². The van der Waals surface area contributed by atoms with Crippen LogP contribution in [0.1, 0.15) is 17.0 Å². The molecular formula is C33H24N2O8. The van der Waals surface area contributed by atoms with E-state index in [0.29, 0.717) is 22.6 Å². The lowest BCUT2D eigenvalue weighted by molar-refractivity contribution is -0.384. The summed E-state index contributed by atoms with van der Waals surface area (Å²) < 4.78 is 16.4.